The van der Waals surface area contributed by atoms with Crippen molar-refractivity contribution in [2.75, 3.05) is 12.3 Å². The van der Waals surface area contributed by atoms with Gasteiger partial charge in [-0.3, -0.25) is 0 Å². The second kappa shape index (κ2) is 6.55. The zero-order valence-electron chi connectivity index (χ0n) is 9.84. The van der Waals surface area contributed by atoms with E-state index in [1.54, 1.807) is 0 Å². The molecule has 2 atom stereocenters. The molecule has 9 nitrogen and oxygen atoms in total. The molecule has 0 radical (unpaired) electrons. The van der Waals surface area contributed by atoms with Crippen LogP contribution in [0.1, 0.15) is 28.6 Å². The van der Waals surface area contributed by atoms with Gasteiger partial charge in [0, 0.05) is 23.2 Å². The summed E-state index contributed by atoms with van der Waals surface area (Å²) in [6.45, 7) is 0.0326. The molecule has 19 heavy (non-hydrogen) atoms. The number of aliphatic hydroxyl groups is 2. The minimum absolute atomic E-state index is 0.0326. The Hall–Kier alpha value is -2.35. The third-order valence-electron chi connectivity index (χ3n) is 2.43. The molecule has 102 valence electrons. The van der Waals surface area contributed by atoms with E-state index in [4.69, 9.17) is 16.4 Å². The Balaban J connectivity index is 2.82. The number of anilines is 1. The monoisotopic (exact) mass is 267 g/mol. The summed E-state index contributed by atoms with van der Waals surface area (Å²) in [7, 11) is 0. The number of rotatable bonds is 6. The molecule has 0 fully saturated rings. The second-order valence-electron chi connectivity index (χ2n) is 3.77. The molecule has 0 aromatic carbocycles. The summed E-state index contributed by atoms with van der Waals surface area (Å²) in [6, 6.07) is 1.23. The highest BCUT2D eigenvalue weighted by Gasteiger charge is 2.20. The molecule has 2 unspecified atom stereocenters. The quantitative estimate of drug-likeness (QED) is 0.332. The van der Waals surface area contributed by atoms with Crippen LogP contribution < -0.4 is 5.73 Å². The molecule has 5 N–H and O–H groups in total. The van der Waals surface area contributed by atoms with Crippen LogP contribution in [0.2, 0.25) is 0 Å². The number of aliphatic hydroxyl groups excluding tert-OH is 2. The van der Waals surface area contributed by atoms with Crippen LogP contribution in [0.5, 0.6) is 0 Å². The number of carboxylic acids is 1. The van der Waals surface area contributed by atoms with Crippen molar-refractivity contribution in [3.8, 4) is 0 Å². The molecule has 9 heteroatoms. The third kappa shape index (κ3) is 3.81. The van der Waals surface area contributed by atoms with Gasteiger partial charge in [-0.2, -0.15) is 0 Å². The van der Waals surface area contributed by atoms with Crippen LogP contribution in [0, 0.1) is 0 Å². The van der Waals surface area contributed by atoms with Crippen LogP contribution in [0.25, 0.3) is 10.4 Å². The molecular formula is C10H13N5O4. The van der Waals surface area contributed by atoms with Crippen molar-refractivity contribution < 1.29 is 20.1 Å². The fraction of sp³-hybridized carbons (Fsp3) is 0.400. The van der Waals surface area contributed by atoms with Gasteiger partial charge in [-0.1, -0.05) is 5.11 Å². The van der Waals surface area contributed by atoms with Crippen molar-refractivity contribution >= 4 is 11.7 Å². The molecule has 0 amide bonds. The van der Waals surface area contributed by atoms with Crippen LogP contribution in [-0.4, -0.2) is 38.9 Å². The number of carboxylic acid groups (broad SMARTS) is 1. The molecule has 1 heterocycles. The first kappa shape index (κ1) is 14.7. The van der Waals surface area contributed by atoms with Crippen molar-refractivity contribution in [1.82, 2.24) is 4.98 Å². The maximum Gasteiger partial charge on any atom is 0.356 e. The first-order valence-corrected chi connectivity index (χ1v) is 5.33. The van der Waals surface area contributed by atoms with Crippen molar-refractivity contribution in [2.45, 2.75) is 18.6 Å². The Morgan fingerprint density at radius 2 is 2.26 bits per heavy atom. The summed E-state index contributed by atoms with van der Waals surface area (Å²) >= 11 is 0. The lowest BCUT2D eigenvalue weighted by Gasteiger charge is -2.17. The smallest absolute Gasteiger partial charge is 0.356 e. The van der Waals surface area contributed by atoms with Crippen molar-refractivity contribution in [2.24, 2.45) is 5.11 Å². The van der Waals surface area contributed by atoms with Gasteiger partial charge >= 0.3 is 5.97 Å². The fourth-order valence-corrected chi connectivity index (χ4v) is 1.45. The molecule has 0 bridgehead atoms. The Bertz CT molecular complexity index is 515. The van der Waals surface area contributed by atoms with Gasteiger partial charge in [-0.25, -0.2) is 9.78 Å². The van der Waals surface area contributed by atoms with Gasteiger partial charge in [0.15, 0.2) is 5.69 Å². The number of nitrogens with zero attached hydrogens (tertiary/aromatic N) is 4. The molecule has 0 aliphatic heterocycles. The molecule has 0 saturated heterocycles. The molecule has 0 saturated carbocycles. The molecule has 0 aliphatic carbocycles. The largest absolute Gasteiger partial charge is 0.476 e. The van der Waals surface area contributed by atoms with Gasteiger partial charge in [0.25, 0.3) is 0 Å². The predicted octanol–water partition coefficient (Wildman–Crippen LogP) is 0.457. The average molecular weight is 267 g/mol. The molecule has 0 aliphatic rings. The topological polar surface area (TPSA) is 165 Å². The lowest BCUT2D eigenvalue weighted by atomic mass is 10.0. The zero-order chi connectivity index (χ0) is 14.4. The summed E-state index contributed by atoms with van der Waals surface area (Å²) in [4.78, 5) is 16.8. The summed E-state index contributed by atoms with van der Waals surface area (Å²) in [5.74, 6) is -1.28. The van der Waals surface area contributed by atoms with Gasteiger partial charge in [-0.05, 0) is 18.0 Å². The van der Waals surface area contributed by atoms with Crippen molar-refractivity contribution in [3.05, 3.63) is 34.0 Å². The lowest BCUT2D eigenvalue weighted by Crippen LogP contribution is -2.20. The molecule has 1 rings (SSSR count). The van der Waals surface area contributed by atoms with E-state index >= 15 is 0 Å². The van der Waals surface area contributed by atoms with Crippen molar-refractivity contribution in [3.63, 3.8) is 0 Å². The van der Waals surface area contributed by atoms with Crippen LogP contribution in [0.4, 0.5) is 5.69 Å². The minimum atomic E-state index is -1.29. The van der Waals surface area contributed by atoms with Crippen LogP contribution in [0.15, 0.2) is 17.4 Å². The Morgan fingerprint density at radius 3 is 2.79 bits per heavy atom. The lowest BCUT2D eigenvalue weighted by molar-refractivity contribution is 0.0148. The number of azide groups is 1. The molecule has 0 spiro atoms. The van der Waals surface area contributed by atoms with E-state index < -0.39 is 18.2 Å². The zero-order valence-corrected chi connectivity index (χ0v) is 9.84. The average Bonchev–Trinajstić information content (AvgIpc) is 2.37. The highest BCUT2D eigenvalue weighted by atomic mass is 16.4. The minimum Gasteiger partial charge on any atom is -0.476 e. The van der Waals surface area contributed by atoms with Crippen LogP contribution in [0.3, 0.4) is 0 Å². The summed E-state index contributed by atoms with van der Waals surface area (Å²) in [6.07, 6.45) is -1.26. The van der Waals surface area contributed by atoms with E-state index in [-0.39, 0.29) is 29.9 Å². The van der Waals surface area contributed by atoms with E-state index in [0.29, 0.717) is 0 Å². The van der Waals surface area contributed by atoms with E-state index in [0.717, 1.165) is 6.20 Å². The number of nitrogen functional groups attached to an aromatic ring is 1. The number of aromatic carboxylic acids is 1. The van der Waals surface area contributed by atoms with Gasteiger partial charge in [-0.15, -0.1) is 0 Å². The molecule has 1 aromatic rings. The van der Waals surface area contributed by atoms with Gasteiger partial charge in [0.2, 0.25) is 0 Å². The number of hydrogen-bond donors (Lipinski definition) is 4. The predicted molar refractivity (Wildman–Crippen MR) is 65.2 cm³/mol. The summed E-state index contributed by atoms with van der Waals surface area (Å²) in [5, 5.41) is 31.4. The first-order valence-electron chi connectivity index (χ1n) is 5.33. The van der Waals surface area contributed by atoms with Gasteiger partial charge < -0.3 is 21.1 Å². The molecular weight excluding hydrogens is 254 g/mol. The Morgan fingerprint density at radius 1 is 1.58 bits per heavy atom. The summed E-state index contributed by atoms with van der Waals surface area (Å²) in [5.41, 5.74) is 13.3. The molecule has 1 aromatic heterocycles. The highest BCUT2D eigenvalue weighted by Crippen LogP contribution is 2.21. The van der Waals surface area contributed by atoms with E-state index in [1.165, 1.54) is 6.07 Å². The SMILES string of the molecule is [N-]=[N+]=NCCC(O)C(O)c1cnc(C(=O)O)c(N)c1. The number of hydrogen-bond acceptors (Lipinski definition) is 6. The number of pyridine rings is 1. The highest BCUT2D eigenvalue weighted by molar-refractivity contribution is 5.91. The van der Waals surface area contributed by atoms with Crippen LogP contribution >= 0.6 is 0 Å². The number of carbonyl (C=O) groups is 1. The standard InChI is InChI=1S/C10H13N5O4/c11-6-3-5(4-13-8(6)10(18)19)9(17)7(16)1-2-14-15-12/h3-4,7,9,16-17H,1-2,11H2,(H,18,19). The third-order valence-corrected chi connectivity index (χ3v) is 2.43. The Labute approximate surface area is 107 Å². The van der Waals surface area contributed by atoms with E-state index in [2.05, 4.69) is 15.0 Å². The number of nitrogens with two attached hydrogens (primary N) is 1. The maximum atomic E-state index is 10.7. The first-order chi connectivity index (χ1) is 8.97. The van der Waals surface area contributed by atoms with E-state index in [9.17, 15) is 15.0 Å². The van der Waals surface area contributed by atoms with Gasteiger partial charge in [0.05, 0.1) is 11.8 Å². The fourth-order valence-electron chi connectivity index (χ4n) is 1.45. The Kier molecular flexibility index (Phi) is 5.07. The normalized spacial score (nSPS) is 13.4. The van der Waals surface area contributed by atoms with Gasteiger partial charge in [0.1, 0.15) is 6.10 Å². The van der Waals surface area contributed by atoms with Crippen molar-refractivity contribution in [1.29, 1.82) is 0 Å². The number of aromatic nitrogens is 1. The maximum absolute atomic E-state index is 10.7. The van der Waals surface area contributed by atoms with Crippen LogP contribution in [-0.2, 0) is 0 Å². The van der Waals surface area contributed by atoms with E-state index in [1.807, 2.05) is 0 Å². The second-order valence-corrected chi connectivity index (χ2v) is 3.77. The summed E-state index contributed by atoms with van der Waals surface area (Å²) < 4.78 is 0.